The van der Waals surface area contributed by atoms with Gasteiger partial charge in [0.05, 0.1) is 0 Å². The van der Waals surface area contributed by atoms with Crippen molar-refractivity contribution in [3.8, 4) is 0 Å². The molecule has 0 aliphatic heterocycles. The van der Waals surface area contributed by atoms with Crippen molar-refractivity contribution in [2.45, 2.75) is 13.0 Å². The van der Waals surface area contributed by atoms with Crippen molar-refractivity contribution in [1.82, 2.24) is 20.5 Å². The molecule has 0 amide bonds. The second-order valence-electron chi connectivity index (χ2n) is 3.49. The summed E-state index contributed by atoms with van der Waals surface area (Å²) in [4.78, 5) is 4.05. The first-order chi connectivity index (χ1) is 7.84. The minimum Gasteiger partial charge on any atom is -0.312 e. The molecule has 0 saturated carbocycles. The largest absolute Gasteiger partial charge is 0.312 e. The molecule has 0 aliphatic rings. The van der Waals surface area contributed by atoms with Gasteiger partial charge in [-0.3, -0.25) is 5.10 Å². The molecule has 2 N–H and O–H groups in total. The number of nitrogens with one attached hydrogen (secondary N) is 2. The Morgan fingerprint density at radius 1 is 1.38 bits per heavy atom. The summed E-state index contributed by atoms with van der Waals surface area (Å²) in [5.41, 5.74) is 1.19. The molecular formula is C11H13ClN4. The highest BCUT2D eigenvalue weighted by Gasteiger charge is 1.96. The summed E-state index contributed by atoms with van der Waals surface area (Å²) in [5, 5.41) is 10.7. The summed E-state index contributed by atoms with van der Waals surface area (Å²) in [6.07, 6.45) is 2.37. The van der Waals surface area contributed by atoms with E-state index in [0.29, 0.717) is 0 Å². The number of nitrogens with zero attached hydrogens (tertiary/aromatic N) is 2. The van der Waals surface area contributed by atoms with Crippen LogP contribution in [0.3, 0.4) is 0 Å². The Kier molecular flexibility index (Phi) is 3.91. The number of benzene rings is 1. The minimum absolute atomic E-state index is 0.773. The molecule has 2 aromatic rings. The lowest BCUT2D eigenvalue weighted by Crippen LogP contribution is -2.17. The molecule has 84 valence electrons. The molecule has 0 atom stereocenters. The number of aromatic amines is 1. The Morgan fingerprint density at radius 3 is 3.06 bits per heavy atom. The summed E-state index contributed by atoms with van der Waals surface area (Å²) >= 11 is 5.89. The van der Waals surface area contributed by atoms with Gasteiger partial charge in [-0.2, -0.15) is 5.10 Å². The van der Waals surface area contributed by atoms with Crippen LogP contribution in [0.2, 0.25) is 5.02 Å². The first kappa shape index (κ1) is 11.1. The molecule has 0 fully saturated rings. The highest BCUT2D eigenvalue weighted by Crippen LogP contribution is 2.10. The third kappa shape index (κ3) is 3.32. The van der Waals surface area contributed by atoms with Crippen LogP contribution in [-0.2, 0) is 13.0 Å². The quantitative estimate of drug-likeness (QED) is 0.779. The van der Waals surface area contributed by atoms with E-state index in [1.54, 1.807) is 0 Å². The molecular weight excluding hydrogens is 224 g/mol. The summed E-state index contributed by atoms with van der Waals surface area (Å²) in [6.45, 7) is 1.68. The highest BCUT2D eigenvalue weighted by atomic mass is 35.5. The van der Waals surface area contributed by atoms with Crippen molar-refractivity contribution in [2.75, 3.05) is 6.54 Å². The van der Waals surface area contributed by atoms with Crippen LogP contribution < -0.4 is 5.32 Å². The minimum atomic E-state index is 0.773. The zero-order valence-corrected chi connectivity index (χ0v) is 9.54. The van der Waals surface area contributed by atoms with Crippen LogP contribution in [0.25, 0.3) is 0 Å². The Labute approximate surface area is 99.1 Å². The van der Waals surface area contributed by atoms with Gasteiger partial charge in [0, 0.05) is 24.5 Å². The number of rotatable bonds is 5. The predicted octanol–water partition coefficient (Wildman–Crippen LogP) is 1.79. The SMILES string of the molecule is Clc1cccc(CNCCc2ncn[nH]2)c1. The first-order valence-corrected chi connectivity index (χ1v) is 5.52. The van der Waals surface area contributed by atoms with Crippen LogP contribution >= 0.6 is 11.6 Å². The van der Waals surface area contributed by atoms with Crippen LogP contribution in [0.4, 0.5) is 0 Å². The van der Waals surface area contributed by atoms with Gasteiger partial charge in [0.2, 0.25) is 0 Å². The second kappa shape index (κ2) is 5.63. The molecule has 4 nitrogen and oxygen atoms in total. The van der Waals surface area contributed by atoms with E-state index >= 15 is 0 Å². The normalized spacial score (nSPS) is 10.6. The number of aromatic nitrogens is 3. The molecule has 0 aliphatic carbocycles. The van der Waals surface area contributed by atoms with Gasteiger partial charge in [0.25, 0.3) is 0 Å². The molecule has 0 saturated heterocycles. The smallest absolute Gasteiger partial charge is 0.137 e. The fraction of sp³-hybridized carbons (Fsp3) is 0.273. The molecule has 5 heteroatoms. The maximum absolute atomic E-state index is 5.89. The molecule has 1 heterocycles. The van der Waals surface area contributed by atoms with Crippen molar-refractivity contribution >= 4 is 11.6 Å². The molecule has 0 bridgehead atoms. The Balaban J connectivity index is 1.72. The molecule has 0 radical (unpaired) electrons. The van der Waals surface area contributed by atoms with E-state index in [4.69, 9.17) is 11.6 Å². The maximum Gasteiger partial charge on any atom is 0.137 e. The maximum atomic E-state index is 5.89. The first-order valence-electron chi connectivity index (χ1n) is 5.14. The van der Waals surface area contributed by atoms with E-state index in [9.17, 15) is 0 Å². The van der Waals surface area contributed by atoms with Gasteiger partial charge in [-0.15, -0.1) is 0 Å². The standard InChI is InChI=1S/C11H13ClN4/c12-10-3-1-2-9(6-10)7-13-5-4-11-14-8-15-16-11/h1-3,6,8,13H,4-5,7H2,(H,14,15,16). The third-order valence-electron chi connectivity index (χ3n) is 2.22. The predicted molar refractivity (Wildman–Crippen MR) is 63.2 cm³/mol. The molecule has 0 spiro atoms. The summed E-state index contributed by atoms with van der Waals surface area (Å²) in [6, 6.07) is 7.84. The van der Waals surface area contributed by atoms with Crippen LogP contribution in [0.15, 0.2) is 30.6 Å². The zero-order valence-electron chi connectivity index (χ0n) is 8.78. The topological polar surface area (TPSA) is 53.6 Å². The van der Waals surface area contributed by atoms with E-state index < -0.39 is 0 Å². The number of halogens is 1. The molecule has 2 rings (SSSR count). The lowest BCUT2D eigenvalue weighted by Gasteiger charge is -2.03. The molecule has 1 aromatic heterocycles. The van der Waals surface area contributed by atoms with E-state index in [-0.39, 0.29) is 0 Å². The van der Waals surface area contributed by atoms with Crippen molar-refractivity contribution in [2.24, 2.45) is 0 Å². The second-order valence-corrected chi connectivity index (χ2v) is 3.93. The molecule has 16 heavy (non-hydrogen) atoms. The lowest BCUT2D eigenvalue weighted by atomic mass is 10.2. The van der Waals surface area contributed by atoms with Gasteiger partial charge >= 0.3 is 0 Å². The van der Waals surface area contributed by atoms with Gasteiger partial charge in [-0.1, -0.05) is 23.7 Å². The summed E-state index contributed by atoms with van der Waals surface area (Å²) in [5.74, 6) is 0.901. The third-order valence-corrected chi connectivity index (χ3v) is 2.46. The van der Waals surface area contributed by atoms with E-state index in [2.05, 4.69) is 20.5 Å². The monoisotopic (exact) mass is 236 g/mol. The van der Waals surface area contributed by atoms with Crippen LogP contribution in [0.5, 0.6) is 0 Å². The van der Waals surface area contributed by atoms with Crippen LogP contribution in [-0.4, -0.2) is 21.7 Å². The van der Waals surface area contributed by atoms with E-state index in [1.807, 2.05) is 24.3 Å². The van der Waals surface area contributed by atoms with Gasteiger partial charge in [0.15, 0.2) is 0 Å². The highest BCUT2D eigenvalue weighted by molar-refractivity contribution is 6.30. The van der Waals surface area contributed by atoms with Crippen molar-refractivity contribution in [3.63, 3.8) is 0 Å². The van der Waals surface area contributed by atoms with Crippen molar-refractivity contribution < 1.29 is 0 Å². The number of hydrogen-bond donors (Lipinski definition) is 2. The fourth-order valence-electron chi connectivity index (χ4n) is 1.44. The summed E-state index contributed by atoms with van der Waals surface area (Å²) in [7, 11) is 0. The Hall–Kier alpha value is -1.39. The number of H-pyrrole nitrogens is 1. The van der Waals surface area contributed by atoms with Crippen molar-refractivity contribution in [1.29, 1.82) is 0 Å². The molecule has 1 aromatic carbocycles. The van der Waals surface area contributed by atoms with Gasteiger partial charge in [-0.25, -0.2) is 4.98 Å². The number of hydrogen-bond acceptors (Lipinski definition) is 3. The average Bonchev–Trinajstić information content (AvgIpc) is 2.77. The lowest BCUT2D eigenvalue weighted by molar-refractivity contribution is 0.672. The van der Waals surface area contributed by atoms with E-state index in [0.717, 1.165) is 30.4 Å². The summed E-state index contributed by atoms with van der Waals surface area (Å²) < 4.78 is 0. The fourth-order valence-corrected chi connectivity index (χ4v) is 1.65. The van der Waals surface area contributed by atoms with E-state index in [1.165, 1.54) is 11.9 Å². The zero-order chi connectivity index (χ0) is 11.2. The van der Waals surface area contributed by atoms with Gasteiger partial charge < -0.3 is 5.32 Å². The average molecular weight is 237 g/mol. The van der Waals surface area contributed by atoms with Crippen molar-refractivity contribution in [3.05, 3.63) is 47.0 Å². The van der Waals surface area contributed by atoms with Crippen LogP contribution in [0, 0.1) is 0 Å². The van der Waals surface area contributed by atoms with Crippen LogP contribution in [0.1, 0.15) is 11.4 Å². The van der Waals surface area contributed by atoms with Gasteiger partial charge in [-0.05, 0) is 17.7 Å². The van der Waals surface area contributed by atoms with Gasteiger partial charge in [0.1, 0.15) is 12.2 Å². The Morgan fingerprint density at radius 2 is 2.31 bits per heavy atom. The Bertz CT molecular complexity index is 427. The molecule has 0 unspecified atom stereocenters.